The molecule has 0 spiro atoms. The molecule has 5 heteroatoms. The van der Waals surface area contributed by atoms with E-state index in [4.69, 9.17) is 11.1 Å². The summed E-state index contributed by atoms with van der Waals surface area (Å²) in [7, 11) is 0. The fourth-order valence-electron chi connectivity index (χ4n) is 12.2. The summed E-state index contributed by atoms with van der Waals surface area (Å²) in [5.74, 6) is 0. The smallest absolute Gasteiger partial charge is 0.0705 e. The van der Waals surface area contributed by atoms with Crippen molar-refractivity contribution in [2.45, 2.75) is 26.2 Å². The van der Waals surface area contributed by atoms with Gasteiger partial charge < -0.3 is 19.4 Å². The van der Waals surface area contributed by atoms with Gasteiger partial charge in [0.15, 0.2) is 0 Å². The van der Waals surface area contributed by atoms with E-state index in [1.54, 1.807) is 0 Å². The summed E-state index contributed by atoms with van der Waals surface area (Å²) in [6, 6.07) is 84.8. The van der Waals surface area contributed by atoms with Crippen LogP contribution in [0.25, 0.3) is 104 Å². The van der Waals surface area contributed by atoms with Crippen molar-refractivity contribution in [1.82, 2.24) is 13.7 Å². The van der Waals surface area contributed by atoms with Gasteiger partial charge in [-0.3, -0.25) is 5.41 Å². The summed E-state index contributed by atoms with van der Waals surface area (Å²) in [5.41, 5.74) is 26.4. The molecule has 0 atom stereocenters. The SMILES string of the molecule is CC1(C)c2ccccc2-c2ccc(C(=N)c3ccc4ccccc4c3N)cc21.Cc1ccc(-n2c3ccc(-n4c5ccccc5c5ccccc54)cc3c3cc(-n4c5ccccc5c5ccccc54)ccc32)cc1. The van der Waals surface area contributed by atoms with Gasteiger partial charge >= 0.3 is 0 Å². The Balaban J connectivity index is 0.000000154. The van der Waals surface area contributed by atoms with Gasteiger partial charge in [-0.25, -0.2) is 0 Å². The van der Waals surface area contributed by atoms with E-state index in [0.717, 1.165) is 33.3 Å². The lowest BCUT2D eigenvalue weighted by atomic mass is 9.81. The van der Waals surface area contributed by atoms with Crippen molar-refractivity contribution >= 4 is 87.6 Å². The first-order chi connectivity index (χ1) is 36.2. The molecule has 0 fully saturated rings. The van der Waals surface area contributed by atoms with Crippen LogP contribution in [0.3, 0.4) is 0 Å². The van der Waals surface area contributed by atoms with Crippen molar-refractivity contribution < 1.29 is 0 Å². The standard InChI is InChI=1S/C43H29N3.C26H22N2/c1-28-18-20-29(21-19-28)44-42-24-22-30(45-38-14-6-2-10-32(38)33-11-3-7-15-39(33)45)26-36(42)37-27-31(23-25-43(37)44)46-40-16-8-4-12-34(40)35-13-5-9-17-41(35)46;1-26(2)22-10-6-5-9-19(22)20-13-12-17(15-23(20)26)24(27)21-14-11-16-7-3-4-8-18(16)25(21)28/h2-27H,1H3;3-15,27H,28H2,1-2H3. The molecule has 3 aromatic heterocycles. The third-order valence-electron chi connectivity index (χ3n) is 15.8. The highest BCUT2D eigenvalue weighted by molar-refractivity contribution is 6.18. The number of aromatic nitrogens is 3. The molecule has 0 unspecified atom stereocenters. The van der Waals surface area contributed by atoms with Crippen LogP contribution in [0.5, 0.6) is 0 Å². The summed E-state index contributed by atoms with van der Waals surface area (Å²) < 4.78 is 7.24. The molecule has 0 saturated heterocycles. The fourth-order valence-corrected chi connectivity index (χ4v) is 12.2. The molecular formula is C69H51N5. The van der Waals surface area contributed by atoms with Crippen LogP contribution in [-0.2, 0) is 5.41 Å². The van der Waals surface area contributed by atoms with Crippen molar-refractivity contribution in [3.05, 3.63) is 264 Å². The molecular weight excluding hydrogens is 899 g/mol. The fraction of sp³-hybridized carbons (Fsp3) is 0.0580. The minimum atomic E-state index is -0.0723. The molecule has 0 aliphatic heterocycles. The number of benzene rings is 11. The highest BCUT2D eigenvalue weighted by Crippen LogP contribution is 2.49. The van der Waals surface area contributed by atoms with Gasteiger partial charge in [0.05, 0.1) is 38.8 Å². The Morgan fingerprint density at radius 2 is 0.811 bits per heavy atom. The summed E-state index contributed by atoms with van der Waals surface area (Å²) in [5, 5.41) is 18.5. The number of fused-ring (bicyclic) bond motifs is 13. The summed E-state index contributed by atoms with van der Waals surface area (Å²) in [6.07, 6.45) is 0. The first kappa shape index (κ1) is 43.3. The molecule has 1 aliphatic rings. The summed E-state index contributed by atoms with van der Waals surface area (Å²) in [4.78, 5) is 0. The Kier molecular flexibility index (Phi) is 9.70. The summed E-state index contributed by atoms with van der Waals surface area (Å²) >= 11 is 0. The Hall–Kier alpha value is -9.45. The van der Waals surface area contributed by atoms with Crippen LogP contribution in [0.4, 0.5) is 5.69 Å². The molecule has 14 aromatic rings. The zero-order valence-electron chi connectivity index (χ0n) is 41.4. The molecule has 15 rings (SSSR count). The van der Waals surface area contributed by atoms with Gasteiger partial charge in [0.1, 0.15) is 0 Å². The second kappa shape index (κ2) is 16.6. The molecule has 11 aromatic carbocycles. The van der Waals surface area contributed by atoms with E-state index < -0.39 is 0 Å². The lowest BCUT2D eigenvalue weighted by Crippen LogP contribution is -2.16. The molecule has 352 valence electrons. The van der Waals surface area contributed by atoms with E-state index in [1.165, 1.54) is 98.9 Å². The monoisotopic (exact) mass is 949 g/mol. The van der Waals surface area contributed by atoms with Crippen LogP contribution < -0.4 is 5.73 Å². The highest BCUT2D eigenvalue weighted by Gasteiger charge is 2.35. The molecule has 0 saturated carbocycles. The second-order valence-electron chi connectivity index (χ2n) is 20.4. The maximum atomic E-state index is 8.86. The van der Waals surface area contributed by atoms with Crippen molar-refractivity contribution in [3.8, 4) is 28.2 Å². The Morgan fingerprint density at radius 1 is 0.378 bits per heavy atom. The van der Waals surface area contributed by atoms with Gasteiger partial charge in [0, 0.05) is 77.0 Å². The number of anilines is 1. The van der Waals surface area contributed by atoms with E-state index in [-0.39, 0.29) is 5.41 Å². The highest BCUT2D eigenvalue weighted by atomic mass is 15.0. The van der Waals surface area contributed by atoms with E-state index in [0.29, 0.717) is 11.4 Å². The van der Waals surface area contributed by atoms with Crippen LogP contribution in [0.1, 0.15) is 41.7 Å². The average Bonchev–Trinajstić information content (AvgIpc) is 4.16. The van der Waals surface area contributed by atoms with Gasteiger partial charge in [-0.2, -0.15) is 0 Å². The zero-order chi connectivity index (χ0) is 49.8. The average molecular weight is 950 g/mol. The maximum Gasteiger partial charge on any atom is 0.0705 e. The number of nitrogens with zero attached hydrogens (tertiary/aromatic N) is 3. The predicted molar refractivity (Wildman–Crippen MR) is 312 cm³/mol. The van der Waals surface area contributed by atoms with Gasteiger partial charge in [-0.1, -0.05) is 177 Å². The van der Waals surface area contributed by atoms with Crippen molar-refractivity contribution in [3.63, 3.8) is 0 Å². The van der Waals surface area contributed by atoms with Gasteiger partial charge in [0.25, 0.3) is 0 Å². The number of nitrogen functional groups attached to an aromatic ring is 1. The molecule has 3 N–H and O–H groups in total. The number of nitrogens with one attached hydrogen (secondary N) is 1. The molecule has 0 amide bonds. The van der Waals surface area contributed by atoms with Crippen LogP contribution in [0.15, 0.2) is 237 Å². The first-order valence-electron chi connectivity index (χ1n) is 25.5. The Morgan fingerprint density at radius 3 is 1.36 bits per heavy atom. The van der Waals surface area contributed by atoms with Crippen molar-refractivity contribution in [2.24, 2.45) is 0 Å². The van der Waals surface area contributed by atoms with E-state index >= 15 is 0 Å². The van der Waals surface area contributed by atoms with Gasteiger partial charge in [-0.15, -0.1) is 0 Å². The normalized spacial score (nSPS) is 12.7. The Bertz CT molecular complexity index is 4340. The molecule has 0 bridgehead atoms. The minimum Gasteiger partial charge on any atom is -0.398 e. The number of hydrogen-bond acceptors (Lipinski definition) is 2. The maximum absolute atomic E-state index is 8.86. The van der Waals surface area contributed by atoms with E-state index in [2.05, 4.69) is 229 Å². The lowest BCUT2D eigenvalue weighted by molar-refractivity contribution is 0.660. The number of nitrogens with two attached hydrogens (primary N) is 1. The topological polar surface area (TPSA) is 64.7 Å². The zero-order valence-corrected chi connectivity index (χ0v) is 41.4. The minimum absolute atomic E-state index is 0.0723. The largest absolute Gasteiger partial charge is 0.398 e. The van der Waals surface area contributed by atoms with Crippen LogP contribution in [0.2, 0.25) is 0 Å². The first-order valence-corrected chi connectivity index (χ1v) is 25.5. The number of rotatable bonds is 5. The molecule has 0 radical (unpaired) electrons. The van der Waals surface area contributed by atoms with Crippen molar-refractivity contribution in [2.75, 3.05) is 5.73 Å². The second-order valence-corrected chi connectivity index (χ2v) is 20.4. The quantitative estimate of drug-likeness (QED) is 0.131. The van der Waals surface area contributed by atoms with Crippen LogP contribution in [0, 0.1) is 12.3 Å². The summed E-state index contributed by atoms with van der Waals surface area (Å²) in [6.45, 7) is 6.66. The molecule has 1 aliphatic carbocycles. The molecule has 74 heavy (non-hydrogen) atoms. The predicted octanol–water partition coefficient (Wildman–Crippen LogP) is 17.4. The van der Waals surface area contributed by atoms with Gasteiger partial charge in [0.2, 0.25) is 0 Å². The van der Waals surface area contributed by atoms with Crippen molar-refractivity contribution in [1.29, 1.82) is 5.41 Å². The van der Waals surface area contributed by atoms with Gasteiger partial charge in [-0.05, 0) is 113 Å². The van der Waals surface area contributed by atoms with Crippen LogP contribution >= 0.6 is 0 Å². The van der Waals surface area contributed by atoms with E-state index in [1.807, 2.05) is 42.5 Å². The molecule has 5 nitrogen and oxygen atoms in total. The molecule has 3 heterocycles. The van der Waals surface area contributed by atoms with Crippen LogP contribution in [-0.4, -0.2) is 19.4 Å². The number of para-hydroxylation sites is 4. The van der Waals surface area contributed by atoms with E-state index in [9.17, 15) is 0 Å². The third kappa shape index (κ3) is 6.53. The Labute approximate surface area is 429 Å². The number of aryl methyl sites for hydroxylation is 1. The third-order valence-corrected chi connectivity index (χ3v) is 15.8. The number of hydrogen-bond donors (Lipinski definition) is 2. The lowest BCUT2D eigenvalue weighted by Gasteiger charge is -2.22.